The summed E-state index contributed by atoms with van der Waals surface area (Å²) in [4.78, 5) is 0. The van der Waals surface area contributed by atoms with Gasteiger partial charge in [-0.15, -0.1) is 0 Å². The molecular weight excluding hydrogens is 504 g/mol. The Morgan fingerprint density at radius 1 is 0.846 bits per heavy atom. The Balaban J connectivity index is 1.33. The van der Waals surface area contributed by atoms with Gasteiger partial charge in [-0.1, -0.05) is 88.4 Å². The third-order valence-corrected chi connectivity index (χ3v) is 14.9. The Hall–Kier alpha value is -1.54. The lowest BCUT2D eigenvalue weighted by Gasteiger charge is -2.51. The van der Waals surface area contributed by atoms with Gasteiger partial charge in [-0.25, -0.2) is 0 Å². The van der Waals surface area contributed by atoms with Crippen molar-refractivity contribution in [3.8, 4) is 0 Å². The maximum absolute atomic E-state index is 7.21. The molecule has 0 amide bonds. The number of rotatable bonds is 8. The molecule has 2 aliphatic carbocycles. The maximum Gasteiger partial charge on any atom is 0.195 e. The van der Waals surface area contributed by atoms with Crippen molar-refractivity contribution >= 4 is 8.32 Å². The van der Waals surface area contributed by atoms with Gasteiger partial charge in [0.2, 0.25) is 0 Å². The van der Waals surface area contributed by atoms with Crippen LogP contribution in [0, 0.1) is 17.8 Å². The molecule has 4 aliphatic rings. The third kappa shape index (κ3) is 4.85. The van der Waals surface area contributed by atoms with Crippen molar-refractivity contribution in [3.05, 3.63) is 71.8 Å². The Labute approximate surface area is 235 Å². The van der Waals surface area contributed by atoms with Crippen LogP contribution >= 0.6 is 0 Å². The molecule has 9 atom stereocenters. The van der Waals surface area contributed by atoms with Crippen molar-refractivity contribution in [3.63, 3.8) is 0 Å². The van der Waals surface area contributed by atoms with Crippen molar-refractivity contribution in [1.82, 2.24) is 0 Å². The molecule has 6 heteroatoms. The van der Waals surface area contributed by atoms with Gasteiger partial charge in [-0.3, -0.25) is 0 Å². The summed E-state index contributed by atoms with van der Waals surface area (Å²) >= 11 is 0. The SMILES string of the molecule is CC1OC12C[C@]1(O[Si](C)(C)C(C)(C)C)C[C@H]3[C@@H](O1)[C@H](OCc1ccccc1)[C@H](C)[C@@H](OCc1ccccc1)[C@H]32. The average Bonchev–Trinajstić information content (AvgIpc) is 3.38. The fourth-order valence-corrected chi connectivity index (χ4v) is 8.88. The normalized spacial score (nSPS) is 39.2. The Morgan fingerprint density at radius 3 is 1.90 bits per heavy atom. The summed E-state index contributed by atoms with van der Waals surface area (Å²) in [5, 5.41) is 0.0940. The molecule has 0 aromatic heterocycles. The highest BCUT2D eigenvalue weighted by molar-refractivity contribution is 6.74. The first-order chi connectivity index (χ1) is 18.4. The second-order valence-corrected chi connectivity index (χ2v) is 18.7. The minimum Gasteiger partial charge on any atom is -0.390 e. The summed E-state index contributed by atoms with van der Waals surface area (Å²) in [7, 11) is -2.10. The Kier molecular flexibility index (Phi) is 6.93. The molecule has 4 fully saturated rings. The van der Waals surface area contributed by atoms with Gasteiger partial charge in [-0.05, 0) is 36.2 Å². The van der Waals surface area contributed by atoms with E-state index >= 15 is 0 Å². The minimum absolute atomic E-state index is 0.0183. The predicted molar refractivity (Wildman–Crippen MR) is 155 cm³/mol. The van der Waals surface area contributed by atoms with Gasteiger partial charge in [0, 0.05) is 30.6 Å². The van der Waals surface area contributed by atoms with Gasteiger partial charge in [0.25, 0.3) is 0 Å². The zero-order valence-corrected chi connectivity index (χ0v) is 25.7. The first kappa shape index (κ1) is 27.6. The second-order valence-electron chi connectivity index (χ2n) is 14.0. The summed E-state index contributed by atoms with van der Waals surface area (Å²) in [6.45, 7) is 17.2. The van der Waals surface area contributed by atoms with Gasteiger partial charge in [0.15, 0.2) is 14.1 Å². The highest BCUT2D eigenvalue weighted by Gasteiger charge is 2.77. The molecule has 1 spiro atoms. The van der Waals surface area contributed by atoms with Crippen molar-refractivity contribution < 1.29 is 23.4 Å². The first-order valence-corrected chi connectivity index (χ1v) is 17.7. The molecule has 39 heavy (non-hydrogen) atoms. The summed E-state index contributed by atoms with van der Waals surface area (Å²) in [5.41, 5.74) is 2.11. The number of epoxide rings is 1. The fraction of sp³-hybridized carbons (Fsp3) is 0.636. The second kappa shape index (κ2) is 9.78. The van der Waals surface area contributed by atoms with Gasteiger partial charge in [0.1, 0.15) is 5.60 Å². The topological polar surface area (TPSA) is 49.5 Å². The molecule has 2 aliphatic heterocycles. The van der Waals surface area contributed by atoms with E-state index in [1.165, 1.54) is 11.1 Å². The zero-order chi connectivity index (χ0) is 27.6. The molecule has 2 saturated heterocycles. The fourth-order valence-electron chi connectivity index (χ4n) is 7.44. The lowest BCUT2D eigenvalue weighted by molar-refractivity contribution is -0.219. The average molecular weight is 551 g/mol. The molecule has 2 aromatic rings. The van der Waals surface area contributed by atoms with Crippen LogP contribution in [0.15, 0.2) is 60.7 Å². The molecule has 0 radical (unpaired) electrons. The van der Waals surface area contributed by atoms with Crippen molar-refractivity contribution in [1.29, 1.82) is 0 Å². The van der Waals surface area contributed by atoms with Crippen LogP contribution in [0.2, 0.25) is 18.1 Å². The van der Waals surface area contributed by atoms with E-state index in [4.69, 9.17) is 23.4 Å². The number of fused-ring (bicyclic) bond motifs is 2. The van der Waals surface area contributed by atoms with Crippen LogP contribution in [0.5, 0.6) is 0 Å². The van der Waals surface area contributed by atoms with Crippen molar-refractivity contribution in [2.24, 2.45) is 17.8 Å². The van der Waals surface area contributed by atoms with Crippen molar-refractivity contribution in [2.45, 2.75) is 115 Å². The van der Waals surface area contributed by atoms with E-state index in [1.54, 1.807) is 0 Å². The third-order valence-electron chi connectivity index (χ3n) is 10.4. The lowest BCUT2D eigenvalue weighted by Crippen LogP contribution is -2.60. The van der Waals surface area contributed by atoms with E-state index in [-0.39, 0.29) is 52.8 Å². The molecule has 6 rings (SSSR count). The van der Waals surface area contributed by atoms with Gasteiger partial charge < -0.3 is 23.4 Å². The summed E-state index contributed by atoms with van der Waals surface area (Å²) in [6.07, 6.45) is 1.73. The van der Waals surface area contributed by atoms with E-state index in [9.17, 15) is 0 Å². The lowest BCUT2D eigenvalue weighted by atomic mass is 9.59. The Bertz CT molecular complexity index is 1150. The molecule has 2 unspecified atom stereocenters. The monoisotopic (exact) mass is 550 g/mol. The first-order valence-electron chi connectivity index (χ1n) is 14.8. The summed E-state index contributed by atoms with van der Waals surface area (Å²) in [6, 6.07) is 20.9. The van der Waals surface area contributed by atoms with Crippen molar-refractivity contribution in [2.75, 3.05) is 0 Å². The highest BCUT2D eigenvalue weighted by atomic mass is 28.4. The van der Waals surface area contributed by atoms with E-state index in [0.29, 0.717) is 13.2 Å². The standard InChI is InChI=1S/C33H46O5Si/c1-22-28(34-19-24-14-10-8-11-15-24)27-26-18-32(21-33(27)23(2)36-33,38-39(6,7)31(3,4)5)37-30(26)29(22)35-20-25-16-12-9-13-17-25/h8-17,22-23,26-30H,18-21H2,1-7H3/t22-,23?,26-,27+,28-,29-,30-,32-,33?/m1/s1. The van der Waals surface area contributed by atoms with Gasteiger partial charge in [0.05, 0.1) is 37.6 Å². The van der Waals surface area contributed by atoms with Crippen LogP contribution < -0.4 is 0 Å². The smallest absolute Gasteiger partial charge is 0.195 e. The van der Waals surface area contributed by atoms with Crippen LogP contribution in [0.4, 0.5) is 0 Å². The molecule has 5 nitrogen and oxygen atoms in total. The number of hydrogen-bond donors (Lipinski definition) is 0. The van der Waals surface area contributed by atoms with Crippen LogP contribution in [0.1, 0.15) is 58.6 Å². The molecule has 0 N–H and O–H groups in total. The van der Waals surface area contributed by atoms with Crippen LogP contribution in [0.3, 0.4) is 0 Å². The predicted octanol–water partition coefficient (Wildman–Crippen LogP) is 7.11. The summed E-state index contributed by atoms with van der Waals surface area (Å²) < 4.78 is 34.5. The van der Waals surface area contributed by atoms with Gasteiger partial charge in [-0.2, -0.15) is 0 Å². The molecule has 2 bridgehead atoms. The quantitative estimate of drug-likeness (QED) is 0.259. The highest BCUT2D eigenvalue weighted by Crippen LogP contribution is 2.67. The largest absolute Gasteiger partial charge is 0.390 e. The Morgan fingerprint density at radius 2 is 1.38 bits per heavy atom. The van der Waals surface area contributed by atoms with E-state index in [1.807, 2.05) is 6.07 Å². The summed E-state index contributed by atoms with van der Waals surface area (Å²) in [5.74, 6) is 0.0542. The number of hydrogen-bond acceptors (Lipinski definition) is 5. The molecule has 2 heterocycles. The zero-order valence-electron chi connectivity index (χ0n) is 24.7. The molecule has 2 aromatic carbocycles. The van der Waals surface area contributed by atoms with E-state index in [0.717, 1.165) is 12.8 Å². The molecular formula is C33H46O5Si. The minimum atomic E-state index is -2.10. The number of ether oxygens (including phenoxy) is 4. The van der Waals surface area contributed by atoms with Crippen LogP contribution in [-0.4, -0.2) is 44.1 Å². The number of benzene rings is 2. The van der Waals surface area contributed by atoms with E-state index in [2.05, 4.69) is 102 Å². The van der Waals surface area contributed by atoms with E-state index < -0.39 is 14.1 Å². The van der Waals surface area contributed by atoms with Crippen LogP contribution in [0.25, 0.3) is 0 Å². The molecule has 212 valence electrons. The van der Waals surface area contributed by atoms with Crippen LogP contribution in [-0.2, 0) is 36.6 Å². The maximum atomic E-state index is 7.21. The van der Waals surface area contributed by atoms with Gasteiger partial charge >= 0.3 is 0 Å². The molecule has 2 saturated carbocycles.